The Morgan fingerprint density at radius 2 is 1.80 bits per heavy atom. The minimum Gasteiger partial charge on any atom is -0.444 e. The van der Waals surface area contributed by atoms with E-state index in [0.29, 0.717) is 12.1 Å². The van der Waals surface area contributed by atoms with Crippen molar-refractivity contribution in [3.05, 3.63) is 77.9 Å². The monoisotopic (exact) mass is 477 g/mol. The fraction of sp³-hybridized carbons (Fsp3) is 0.393. The fourth-order valence-electron chi connectivity index (χ4n) is 3.95. The van der Waals surface area contributed by atoms with Crippen molar-refractivity contribution in [1.29, 1.82) is 0 Å². The Labute approximate surface area is 207 Å². The van der Waals surface area contributed by atoms with E-state index in [1.807, 2.05) is 54.6 Å². The largest absolute Gasteiger partial charge is 0.444 e. The third-order valence-corrected chi connectivity index (χ3v) is 5.84. The van der Waals surface area contributed by atoms with Crippen LogP contribution in [0.25, 0.3) is 6.08 Å². The van der Waals surface area contributed by atoms with Crippen LogP contribution in [0.3, 0.4) is 0 Å². The van der Waals surface area contributed by atoms with Gasteiger partial charge in [0.05, 0.1) is 0 Å². The molecule has 7 heteroatoms. The average molecular weight is 478 g/mol. The summed E-state index contributed by atoms with van der Waals surface area (Å²) in [6.07, 6.45) is 3.64. The Balaban J connectivity index is 1.86. The van der Waals surface area contributed by atoms with Gasteiger partial charge in [0.25, 0.3) is 0 Å². The highest BCUT2D eigenvalue weighted by Crippen LogP contribution is 2.33. The molecule has 3 rings (SSSR count). The lowest BCUT2D eigenvalue weighted by Gasteiger charge is -2.42. The molecule has 7 nitrogen and oxygen atoms in total. The molecule has 1 atom stereocenters. The maximum absolute atomic E-state index is 13.6. The van der Waals surface area contributed by atoms with Crippen molar-refractivity contribution in [2.75, 3.05) is 6.54 Å². The molecule has 0 aromatic heterocycles. The molecule has 2 aromatic rings. The minimum absolute atomic E-state index is 0.0807. The van der Waals surface area contributed by atoms with E-state index in [0.717, 1.165) is 30.4 Å². The topological polar surface area (TPSA) is 87.7 Å². The number of nitrogens with one attached hydrogen (secondary N) is 2. The average Bonchev–Trinajstić information content (AvgIpc) is 2.79. The predicted octanol–water partition coefficient (Wildman–Crippen LogP) is 4.59. The highest BCUT2D eigenvalue weighted by Gasteiger charge is 2.39. The molecule has 0 heterocycles. The zero-order valence-electron chi connectivity index (χ0n) is 20.8. The van der Waals surface area contributed by atoms with Crippen molar-refractivity contribution in [3.8, 4) is 0 Å². The molecule has 2 aromatic carbocycles. The lowest BCUT2D eigenvalue weighted by Crippen LogP contribution is -2.53. The maximum Gasteiger partial charge on any atom is 0.408 e. The van der Waals surface area contributed by atoms with Crippen LogP contribution in [0.4, 0.5) is 4.79 Å². The quantitative estimate of drug-likeness (QED) is 0.553. The Hall–Kier alpha value is -3.61. The summed E-state index contributed by atoms with van der Waals surface area (Å²) in [5.74, 6) is -0.600. The number of hydrogen-bond donors (Lipinski definition) is 2. The van der Waals surface area contributed by atoms with Gasteiger partial charge in [-0.3, -0.25) is 9.59 Å². The Morgan fingerprint density at radius 3 is 2.40 bits per heavy atom. The van der Waals surface area contributed by atoms with Gasteiger partial charge >= 0.3 is 6.09 Å². The number of amides is 3. The second-order valence-corrected chi connectivity index (χ2v) is 9.72. The predicted molar refractivity (Wildman–Crippen MR) is 136 cm³/mol. The lowest BCUT2D eigenvalue weighted by molar-refractivity contribution is -0.145. The van der Waals surface area contributed by atoms with Gasteiger partial charge < -0.3 is 20.3 Å². The first-order valence-corrected chi connectivity index (χ1v) is 12.0. The molecule has 0 spiro atoms. The zero-order valence-corrected chi connectivity index (χ0v) is 20.8. The van der Waals surface area contributed by atoms with Crippen molar-refractivity contribution in [2.45, 2.75) is 64.3 Å². The summed E-state index contributed by atoms with van der Waals surface area (Å²) in [6.45, 7) is 9.20. The second kappa shape index (κ2) is 11.7. The standard InChI is InChI=1S/C28H35N3O4/c1-5-20-13-9-14-22(17-20)25(26(33)29-18-21-11-7-6-8-12-21)31(23-15-10-16-23)24(32)19-30-27(34)35-28(2,3)4/h5-9,11-14,17,23,25H,1,10,15-16,18-19H2,2-4H3,(H,29,33)(H,30,34). The molecular formula is C28H35N3O4. The highest BCUT2D eigenvalue weighted by atomic mass is 16.6. The first-order chi connectivity index (χ1) is 16.7. The number of carbonyl (C=O) groups is 3. The van der Waals surface area contributed by atoms with Crippen LogP contribution in [0.5, 0.6) is 0 Å². The third kappa shape index (κ3) is 7.44. The normalized spacial score (nSPS) is 14.3. The SMILES string of the molecule is C=Cc1cccc(C(C(=O)NCc2ccccc2)N(C(=O)CNC(=O)OC(C)(C)C)C2CCC2)c1. The van der Waals surface area contributed by atoms with Gasteiger partial charge in [0.1, 0.15) is 18.2 Å². The Bertz CT molecular complexity index is 1040. The van der Waals surface area contributed by atoms with Gasteiger partial charge in [0.2, 0.25) is 11.8 Å². The van der Waals surface area contributed by atoms with Crippen LogP contribution in [-0.4, -0.2) is 41.0 Å². The van der Waals surface area contributed by atoms with E-state index >= 15 is 0 Å². The van der Waals surface area contributed by atoms with Crippen LogP contribution in [0.2, 0.25) is 0 Å². The second-order valence-electron chi connectivity index (χ2n) is 9.72. The molecule has 35 heavy (non-hydrogen) atoms. The molecule has 1 aliphatic rings. The van der Waals surface area contributed by atoms with Gasteiger partial charge in [0.15, 0.2) is 0 Å². The lowest BCUT2D eigenvalue weighted by atomic mass is 9.88. The van der Waals surface area contributed by atoms with Crippen molar-refractivity contribution < 1.29 is 19.1 Å². The summed E-state index contributed by atoms with van der Waals surface area (Å²) in [5, 5.41) is 5.55. The Kier molecular flexibility index (Phi) is 8.68. The number of ether oxygens (including phenoxy) is 1. The first-order valence-electron chi connectivity index (χ1n) is 12.0. The van der Waals surface area contributed by atoms with Crippen LogP contribution in [-0.2, 0) is 20.9 Å². The molecule has 1 fully saturated rings. The zero-order chi connectivity index (χ0) is 25.4. The molecular weight excluding hydrogens is 442 g/mol. The number of hydrogen-bond acceptors (Lipinski definition) is 4. The summed E-state index contributed by atoms with van der Waals surface area (Å²) in [6, 6.07) is 16.2. The number of benzene rings is 2. The summed E-state index contributed by atoms with van der Waals surface area (Å²) < 4.78 is 5.27. The number of nitrogens with zero attached hydrogens (tertiary/aromatic N) is 1. The van der Waals surface area contributed by atoms with Gasteiger partial charge in [-0.25, -0.2) is 4.79 Å². The van der Waals surface area contributed by atoms with E-state index in [-0.39, 0.29) is 24.4 Å². The number of rotatable bonds is 9. The fourth-order valence-corrected chi connectivity index (χ4v) is 3.95. The van der Waals surface area contributed by atoms with Gasteiger partial charge in [-0.05, 0) is 62.8 Å². The molecule has 1 aliphatic carbocycles. The molecule has 1 unspecified atom stereocenters. The summed E-state index contributed by atoms with van der Waals surface area (Å²) in [7, 11) is 0. The van der Waals surface area contributed by atoms with Crippen LogP contribution in [0.15, 0.2) is 61.2 Å². The van der Waals surface area contributed by atoms with Gasteiger partial charge in [-0.15, -0.1) is 0 Å². The van der Waals surface area contributed by atoms with Gasteiger partial charge in [-0.1, -0.05) is 61.2 Å². The molecule has 0 aliphatic heterocycles. The van der Waals surface area contributed by atoms with Gasteiger partial charge in [-0.2, -0.15) is 0 Å². The van der Waals surface area contributed by atoms with E-state index in [4.69, 9.17) is 4.74 Å². The van der Waals surface area contributed by atoms with Crippen molar-refractivity contribution >= 4 is 24.0 Å². The molecule has 0 bridgehead atoms. The molecule has 3 amide bonds. The summed E-state index contributed by atoms with van der Waals surface area (Å²) in [5.41, 5.74) is 1.85. The van der Waals surface area contributed by atoms with E-state index < -0.39 is 17.7 Å². The third-order valence-electron chi connectivity index (χ3n) is 5.84. The van der Waals surface area contributed by atoms with Crippen molar-refractivity contribution in [1.82, 2.24) is 15.5 Å². The first kappa shape index (κ1) is 26.0. The van der Waals surface area contributed by atoms with Gasteiger partial charge in [0, 0.05) is 12.6 Å². The number of carbonyl (C=O) groups excluding carboxylic acids is 3. The van der Waals surface area contributed by atoms with Crippen LogP contribution < -0.4 is 10.6 Å². The maximum atomic E-state index is 13.6. The molecule has 186 valence electrons. The molecule has 0 saturated heterocycles. The minimum atomic E-state index is -0.836. The van der Waals surface area contributed by atoms with Crippen molar-refractivity contribution in [3.63, 3.8) is 0 Å². The van der Waals surface area contributed by atoms with E-state index in [1.165, 1.54) is 0 Å². The van der Waals surface area contributed by atoms with E-state index in [9.17, 15) is 14.4 Å². The van der Waals surface area contributed by atoms with Crippen LogP contribution >= 0.6 is 0 Å². The van der Waals surface area contributed by atoms with Crippen LogP contribution in [0.1, 0.15) is 62.8 Å². The molecule has 1 saturated carbocycles. The van der Waals surface area contributed by atoms with E-state index in [1.54, 1.807) is 31.7 Å². The Morgan fingerprint density at radius 1 is 1.09 bits per heavy atom. The van der Waals surface area contributed by atoms with Crippen molar-refractivity contribution in [2.24, 2.45) is 0 Å². The molecule has 0 radical (unpaired) electrons. The van der Waals surface area contributed by atoms with E-state index in [2.05, 4.69) is 17.2 Å². The smallest absolute Gasteiger partial charge is 0.408 e. The highest BCUT2D eigenvalue weighted by molar-refractivity contribution is 5.90. The molecule has 2 N–H and O–H groups in total. The summed E-state index contributed by atoms with van der Waals surface area (Å²) >= 11 is 0. The summed E-state index contributed by atoms with van der Waals surface area (Å²) in [4.78, 5) is 40.8. The van der Waals surface area contributed by atoms with Crippen LogP contribution in [0, 0.1) is 0 Å². The number of alkyl carbamates (subject to hydrolysis) is 1.